The van der Waals surface area contributed by atoms with Gasteiger partial charge in [-0.05, 0) is 12.1 Å². The van der Waals surface area contributed by atoms with Crippen LogP contribution in [0.3, 0.4) is 0 Å². The smallest absolute Gasteiger partial charge is 0.322 e. The Labute approximate surface area is 84.2 Å². The van der Waals surface area contributed by atoms with E-state index in [-0.39, 0.29) is 0 Å². The van der Waals surface area contributed by atoms with E-state index in [4.69, 9.17) is 5.73 Å². The van der Waals surface area contributed by atoms with Gasteiger partial charge in [0, 0.05) is 11.9 Å². The molecule has 0 saturated carbocycles. The Bertz CT molecular complexity index is 434. The zero-order chi connectivity index (χ0) is 9.97. The number of hydrogen-bond donors (Lipinski definition) is 3. The Kier molecular flexibility index (Phi) is 2.28. The number of aromatic nitrogens is 2. The van der Waals surface area contributed by atoms with Gasteiger partial charge in [0.05, 0.1) is 11.0 Å². The molecule has 1 aromatic carbocycles. The fraction of sp³-hybridized carbons (Fsp3) is 0. The van der Waals surface area contributed by atoms with Gasteiger partial charge in [0.1, 0.15) is 0 Å². The maximum atomic E-state index is 10.4. The summed E-state index contributed by atoms with van der Waals surface area (Å²) in [5, 5.41) is 0.616. The van der Waals surface area contributed by atoms with Crippen LogP contribution in [0.4, 0.5) is 4.79 Å². The van der Waals surface area contributed by atoms with Crippen molar-refractivity contribution in [2.45, 2.75) is 5.16 Å². The highest BCUT2D eigenvalue weighted by molar-refractivity contribution is 7.97. The van der Waals surface area contributed by atoms with Crippen LogP contribution in [0, 0.1) is 0 Å². The third kappa shape index (κ3) is 1.80. The summed E-state index contributed by atoms with van der Waals surface area (Å²) in [5.41, 5.74) is 6.72. The Morgan fingerprint density at radius 1 is 1.50 bits per heavy atom. The normalized spacial score (nSPS) is 10.3. The Morgan fingerprint density at radius 3 is 3.00 bits per heavy atom. The molecular formula is C8H8N4OS. The summed E-state index contributed by atoms with van der Waals surface area (Å²) < 4.78 is 2.38. The van der Waals surface area contributed by atoms with Crippen LogP contribution >= 0.6 is 11.9 Å². The van der Waals surface area contributed by atoms with Gasteiger partial charge < -0.3 is 10.7 Å². The number of nitrogens with zero attached hydrogens (tertiary/aromatic N) is 1. The van der Waals surface area contributed by atoms with Gasteiger partial charge in [0.15, 0.2) is 5.16 Å². The highest BCUT2D eigenvalue weighted by atomic mass is 32.2. The summed E-state index contributed by atoms with van der Waals surface area (Å²) in [6.45, 7) is 0. The summed E-state index contributed by atoms with van der Waals surface area (Å²) in [5.74, 6) is 0. The number of para-hydroxylation sites is 2. The van der Waals surface area contributed by atoms with Crippen LogP contribution in [0.15, 0.2) is 29.4 Å². The minimum atomic E-state index is -0.588. The first-order chi connectivity index (χ1) is 6.75. The number of imidazole rings is 1. The van der Waals surface area contributed by atoms with Crippen molar-refractivity contribution in [3.8, 4) is 0 Å². The predicted molar refractivity (Wildman–Crippen MR) is 54.7 cm³/mol. The number of nitrogens with one attached hydrogen (secondary N) is 2. The third-order valence-electron chi connectivity index (χ3n) is 1.62. The molecule has 0 spiro atoms. The lowest BCUT2D eigenvalue weighted by Crippen LogP contribution is -2.22. The van der Waals surface area contributed by atoms with E-state index in [0.29, 0.717) is 5.16 Å². The summed E-state index contributed by atoms with van der Waals surface area (Å²) in [6, 6.07) is 7.03. The monoisotopic (exact) mass is 208 g/mol. The molecule has 0 aliphatic heterocycles. The van der Waals surface area contributed by atoms with E-state index in [1.807, 2.05) is 24.3 Å². The van der Waals surface area contributed by atoms with Crippen LogP contribution in [0.25, 0.3) is 11.0 Å². The van der Waals surface area contributed by atoms with Crippen molar-refractivity contribution in [3.63, 3.8) is 0 Å². The molecule has 2 rings (SSSR count). The highest BCUT2D eigenvalue weighted by Gasteiger charge is 2.02. The average Bonchev–Trinajstić information content (AvgIpc) is 2.57. The number of nitrogens with two attached hydrogens (primary N) is 1. The zero-order valence-electron chi connectivity index (χ0n) is 7.15. The molecule has 2 aromatic rings. The van der Waals surface area contributed by atoms with Gasteiger partial charge in [-0.3, -0.25) is 4.72 Å². The molecule has 0 fully saturated rings. The molecule has 0 saturated heterocycles. The summed E-state index contributed by atoms with van der Waals surface area (Å²) in [7, 11) is 0. The highest BCUT2D eigenvalue weighted by Crippen LogP contribution is 2.16. The number of hydrogen-bond acceptors (Lipinski definition) is 3. The number of H-pyrrole nitrogens is 1. The number of carbonyl (C=O) groups excluding carboxylic acids is 1. The number of benzene rings is 1. The second-order valence-electron chi connectivity index (χ2n) is 2.63. The lowest BCUT2D eigenvalue weighted by atomic mass is 10.3. The van der Waals surface area contributed by atoms with Gasteiger partial charge in [-0.2, -0.15) is 0 Å². The van der Waals surface area contributed by atoms with Crippen molar-refractivity contribution in [2.75, 3.05) is 0 Å². The number of amides is 2. The van der Waals surface area contributed by atoms with Crippen LogP contribution in [0.2, 0.25) is 0 Å². The van der Waals surface area contributed by atoms with Gasteiger partial charge in [-0.25, -0.2) is 9.78 Å². The molecule has 4 N–H and O–H groups in total. The van der Waals surface area contributed by atoms with Gasteiger partial charge in [0.2, 0.25) is 0 Å². The molecule has 0 bridgehead atoms. The average molecular weight is 208 g/mol. The summed E-state index contributed by atoms with van der Waals surface area (Å²) in [4.78, 5) is 17.7. The first-order valence-electron chi connectivity index (χ1n) is 3.93. The van der Waals surface area contributed by atoms with E-state index in [1.165, 1.54) is 0 Å². The second kappa shape index (κ2) is 3.59. The van der Waals surface area contributed by atoms with Crippen molar-refractivity contribution < 1.29 is 4.79 Å². The molecule has 0 radical (unpaired) electrons. The zero-order valence-corrected chi connectivity index (χ0v) is 7.97. The summed E-state index contributed by atoms with van der Waals surface area (Å²) >= 11 is 1.06. The van der Waals surface area contributed by atoms with Crippen molar-refractivity contribution in [3.05, 3.63) is 24.3 Å². The molecule has 1 aromatic heterocycles. The second-order valence-corrected chi connectivity index (χ2v) is 3.42. The van der Waals surface area contributed by atoms with Crippen molar-refractivity contribution >= 4 is 29.0 Å². The standard InChI is InChI=1S/C8H8N4OS/c9-7(13)12-14-8-10-5-3-1-2-4-6(5)11-8/h1-4H,(H,10,11)(H3,9,12,13). The first kappa shape index (κ1) is 8.89. The lowest BCUT2D eigenvalue weighted by molar-refractivity contribution is 0.254. The van der Waals surface area contributed by atoms with Crippen molar-refractivity contribution in [2.24, 2.45) is 5.73 Å². The maximum Gasteiger partial charge on any atom is 0.322 e. The Morgan fingerprint density at radius 2 is 2.29 bits per heavy atom. The number of aromatic amines is 1. The summed E-state index contributed by atoms with van der Waals surface area (Å²) in [6.07, 6.45) is 0. The topological polar surface area (TPSA) is 83.8 Å². The predicted octanol–water partition coefficient (Wildman–Crippen LogP) is 1.24. The minimum Gasteiger partial charge on any atom is -0.351 e. The molecule has 0 atom stereocenters. The molecule has 0 unspecified atom stereocenters. The van der Waals surface area contributed by atoms with Crippen LogP contribution in [-0.4, -0.2) is 16.0 Å². The number of primary amides is 1. The molecule has 0 aliphatic carbocycles. The Balaban J connectivity index is 2.22. The molecule has 1 heterocycles. The van der Waals surface area contributed by atoms with E-state index in [2.05, 4.69) is 14.7 Å². The Hall–Kier alpha value is -1.69. The number of carbonyl (C=O) groups is 1. The van der Waals surface area contributed by atoms with E-state index >= 15 is 0 Å². The van der Waals surface area contributed by atoms with Crippen LogP contribution in [-0.2, 0) is 0 Å². The quantitative estimate of drug-likeness (QED) is 0.649. The molecule has 0 aliphatic rings. The fourth-order valence-electron chi connectivity index (χ4n) is 1.08. The fourth-order valence-corrected chi connectivity index (χ4v) is 1.58. The van der Waals surface area contributed by atoms with Crippen molar-refractivity contribution in [1.82, 2.24) is 14.7 Å². The third-order valence-corrected chi connectivity index (χ3v) is 2.31. The maximum absolute atomic E-state index is 10.4. The number of rotatable bonds is 2. The largest absolute Gasteiger partial charge is 0.351 e. The van der Waals surface area contributed by atoms with Crippen LogP contribution < -0.4 is 10.5 Å². The number of urea groups is 1. The van der Waals surface area contributed by atoms with E-state index in [0.717, 1.165) is 23.0 Å². The van der Waals surface area contributed by atoms with E-state index < -0.39 is 6.03 Å². The lowest BCUT2D eigenvalue weighted by Gasteiger charge is -1.94. The molecule has 5 nitrogen and oxygen atoms in total. The number of fused-ring (bicyclic) bond motifs is 1. The molecular weight excluding hydrogens is 200 g/mol. The van der Waals surface area contributed by atoms with Crippen LogP contribution in [0.1, 0.15) is 0 Å². The first-order valence-corrected chi connectivity index (χ1v) is 4.74. The van der Waals surface area contributed by atoms with Crippen molar-refractivity contribution in [1.29, 1.82) is 0 Å². The molecule has 6 heteroatoms. The van der Waals surface area contributed by atoms with Gasteiger partial charge in [-0.15, -0.1) is 0 Å². The van der Waals surface area contributed by atoms with Gasteiger partial charge in [0.25, 0.3) is 0 Å². The van der Waals surface area contributed by atoms with Gasteiger partial charge >= 0.3 is 6.03 Å². The molecule has 2 amide bonds. The minimum absolute atomic E-state index is 0.588. The molecule has 72 valence electrons. The van der Waals surface area contributed by atoms with E-state index in [9.17, 15) is 4.79 Å². The molecule has 14 heavy (non-hydrogen) atoms. The van der Waals surface area contributed by atoms with E-state index in [1.54, 1.807) is 0 Å². The van der Waals surface area contributed by atoms with Crippen LogP contribution in [0.5, 0.6) is 0 Å². The SMILES string of the molecule is NC(=O)NSc1nc2ccccc2[nH]1. The van der Waals surface area contributed by atoms with Gasteiger partial charge in [-0.1, -0.05) is 12.1 Å².